The molecule has 10 aliphatic heterocycles. The molecule has 0 aromatic carbocycles. The first kappa shape index (κ1) is 63.6. The van der Waals surface area contributed by atoms with E-state index in [0.29, 0.717) is 39.5 Å². The molecular formula is C53H64F4O28S2-2. The van der Waals surface area contributed by atoms with E-state index in [1.807, 2.05) is 0 Å². The zero-order valence-corrected chi connectivity index (χ0v) is 48.4. The maximum Gasteiger partial charge on any atom is 0.370 e. The molecule has 12 rings (SSSR count). The molecule has 10 heterocycles. The van der Waals surface area contributed by atoms with Crippen LogP contribution in [0.5, 0.6) is 0 Å². The van der Waals surface area contributed by atoms with Crippen molar-refractivity contribution in [3.05, 3.63) is 0 Å². The normalized spacial score (nSPS) is 37.6. The Kier molecular flexibility index (Phi) is 17.3. The fourth-order valence-corrected chi connectivity index (χ4v) is 16.3. The predicted octanol–water partition coefficient (Wildman–Crippen LogP) is 1.08. The third-order valence-electron chi connectivity index (χ3n) is 19.3. The third-order valence-corrected chi connectivity index (χ3v) is 21.3. The zero-order valence-electron chi connectivity index (χ0n) is 46.7. The summed E-state index contributed by atoms with van der Waals surface area (Å²) in [5.74, 6) is -11.4. The van der Waals surface area contributed by atoms with Crippen LogP contribution in [-0.4, -0.2) is 207 Å². The van der Waals surface area contributed by atoms with Gasteiger partial charge in [0.15, 0.2) is 56.9 Å². The van der Waals surface area contributed by atoms with E-state index in [9.17, 15) is 81.9 Å². The van der Waals surface area contributed by atoms with E-state index in [1.165, 1.54) is 0 Å². The number of alkyl halides is 4. The molecular weight excluding hydrogens is 1220 g/mol. The molecule has 34 heteroatoms. The Bertz CT molecular complexity index is 2970. The number of carbonyl (C=O) groups excluding carboxylic acids is 8. The standard InChI is InChI=1S/C27H34F2O14S.C26H32F2O14S/c1-12(27(28,29)44(34,35)36)38-16(30)10-37-11-17(31)40-22-21-19(18-20(41-21)23(22)42-24(18)32)25(33)43-26(7-3-2-4-8-26)14-9-13-5-6-15(14)39-13;1-11(26(27,28)43(33,34)35)37-15(29)9-36-10-16(30)39-21-20-18(17-19(40-20)22(21)41-23(17)31)24(32)42-25(6-2-3-7-25)13-8-12-4-5-14(13)38-12/h12-15,18-23H,2-11H2,1H3,(H,34,35,36);11-14,17-22H,2-10H2,1H3,(H,33,34,35)/p-2. The number of fused-ring (bicyclic) bond motifs is 6. The average Bonchev–Trinajstić information content (AvgIpc) is 1.56. The quantitative estimate of drug-likeness (QED) is 0.0633. The van der Waals surface area contributed by atoms with E-state index in [1.54, 1.807) is 0 Å². The summed E-state index contributed by atoms with van der Waals surface area (Å²) in [6, 6.07) is 0. The number of rotatable bonds is 22. The molecule has 12 fully saturated rings. The van der Waals surface area contributed by atoms with Gasteiger partial charge in [0.05, 0.1) is 24.4 Å². The molecule has 20 unspecified atom stereocenters. The highest BCUT2D eigenvalue weighted by Crippen LogP contribution is 2.57. The summed E-state index contributed by atoms with van der Waals surface area (Å²) in [4.78, 5) is 102. The molecule has 12 aliphatic rings. The monoisotopic (exact) mass is 1290 g/mol. The maximum absolute atomic E-state index is 13.8. The Balaban J connectivity index is 0.000000180. The van der Waals surface area contributed by atoms with Gasteiger partial charge < -0.3 is 75.4 Å². The SMILES string of the molecule is CC(OC(=O)COCC(=O)OC1C2OC(=O)C3C2OC1C3C(=O)OC1(C2CC3CCC2O3)CCCC1)C(F)(F)S(=O)(=O)[O-].CC(OC(=O)COCC(=O)OC1C2OC(=O)C3C2OC1C3C(=O)OC1(C2CC3CCC2O3)CCCCC1)C(F)(F)S(=O)(=O)[O-]. The Labute approximate surface area is 493 Å². The number of carbonyl (C=O) groups is 8. The van der Waals surface area contributed by atoms with Gasteiger partial charge in [-0.15, -0.1) is 0 Å². The summed E-state index contributed by atoms with van der Waals surface area (Å²) in [6.07, 6.45) is -0.0180. The van der Waals surface area contributed by atoms with Crippen molar-refractivity contribution in [3.8, 4) is 0 Å². The minimum absolute atomic E-state index is 0.0217. The maximum atomic E-state index is 13.8. The molecule has 0 aromatic rings. The van der Waals surface area contributed by atoms with Crippen LogP contribution in [0.15, 0.2) is 0 Å². The van der Waals surface area contributed by atoms with Gasteiger partial charge in [-0.05, 0) is 104 Å². The highest BCUT2D eigenvalue weighted by atomic mass is 32.2. The highest BCUT2D eigenvalue weighted by molar-refractivity contribution is 7.87. The Morgan fingerprint density at radius 1 is 0.529 bits per heavy atom. The van der Waals surface area contributed by atoms with Crippen molar-refractivity contribution >= 4 is 68.0 Å². The summed E-state index contributed by atoms with van der Waals surface area (Å²) in [5, 5.41) is -9.75. The Morgan fingerprint density at radius 2 is 0.885 bits per heavy atom. The second-order valence-corrected chi connectivity index (χ2v) is 27.3. The van der Waals surface area contributed by atoms with Crippen LogP contribution in [-0.2, 0) is 125 Å². The van der Waals surface area contributed by atoms with Gasteiger partial charge in [0, 0.05) is 11.8 Å². The predicted molar refractivity (Wildman–Crippen MR) is 264 cm³/mol. The van der Waals surface area contributed by atoms with Crippen molar-refractivity contribution in [1.82, 2.24) is 0 Å². The number of esters is 8. The minimum Gasteiger partial charge on any atom is -0.743 e. The van der Waals surface area contributed by atoms with Gasteiger partial charge in [0.2, 0.25) is 0 Å². The molecule has 2 aliphatic carbocycles. The van der Waals surface area contributed by atoms with Gasteiger partial charge >= 0.3 is 58.3 Å². The van der Waals surface area contributed by atoms with Crippen LogP contribution in [0.3, 0.4) is 0 Å². The first-order valence-electron chi connectivity index (χ1n) is 29.0. The first-order valence-corrected chi connectivity index (χ1v) is 31.8. The van der Waals surface area contributed by atoms with Crippen LogP contribution >= 0.6 is 0 Å². The van der Waals surface area contributed by atoms with Crippen LogP contribution in [0.25, 0.3) is 0 Å². The van der Waals surface area contributed by atoms with Gasteiger partial charge in [-0.3, -0.25) is 19.2 Å². The van der Waals surface area contributed by atoms with Crippen LogP contribution in [0.2, 0.25) is 0 Å². The number of hydrogen-bond acceptors (Lipinski definition) is 28. The number of hydrogen-bond donors (Lipinski definition) is 0. The van der Waals surface area contributed by atoms with E-state index in [2.05, 4.69) is 9.47 Å². The summed E-state index contributed by atoms with van der Waals surface area (Å²) in [6.45, 7) is -2.83. The lowest BCUT2D eigenvalue weighted by atomic mass is 9.69. The van der Waals surface area contributed by atoms with Crippen LogP contribution in [0.4, 0.5) is 17.6 Å². The molecule has 0 spiro atoms. The molecule has 8 bridgehead atoms. The molecule has 0 radical (unpaired) electrons. The van der Waals surface area contributed by atoms with Crippen molar-refractivity contribution in [2.24, 2.45) is 35.5 Å². The first-order chi connectivity index (χ1) is 40.9. The van der Waals surface area contributed by atoms with Gasteiger partial charge in [0.1, 0.15) is 85.7 Å². The molecule has 10 saturated heterocycles. The summed E-state index contributed by atoms with van der Waals surface area (Å²) >= 11 is 0. The molecule has 28 nitrogen and oxygen atoms in total. The van der Waals surface area contributed by atoms with Crippen molar-refractivity contribution in [2.45, 2.75) is 217 Å². The Morgan fingerprint density at radius 3 is 1.22 bits per heavy atom. The lowest BCUT2D eigenvalue weighted by Gasteiger charge is -2.44. The molecule has 2 saturated carbocycles. The van der Waals surface area contributed by atoms with E-state index in [-0.39, 0.29) is 36.3 Å². The second kappa shape index (κ2) is 23.7. The van der Waals surface area contributed by atoms with E-state index in [0.717, 1.165) is 70.6 Å². The fraction of sp³-hybridized carbons (Fsp3) is 0.849. The van der Waals surface area contributed by atoms with E-state index >= 15 is 0 Å². The van der Waals surface area contributed by atoms with Crippen molar-refractivity contribution < 1.29 is 148 Å². The van der Waals surface area contributed by atoms with Crippen molar-refractivity contribution in [2.75, 3.05) is 26.4 Å². The van der Waals surface area contributed by atoms with Crippen LogP contribution in [0.1, 0.15) is 110 Å². The van der Waals surface area contributed by atoms with Crippen LogP contribution < -0.4 is 0 Å². The van der Waals surface area contributed by atoms with Crippen LogP contribution in [0, 0.1) is 35.5 Å². The minimum atomic E-state index is -6.10. The molecule has 0 aromatic heterocycles. The van der Waals surface area contributed by atoms with Crippen molar-refractivity contribution in [1.29, 1.82) is 0 Å². The average molecular weight is 1290 g/mol. The second-order valence-electron chi connectivity index (χ2n) is 24.4. The highest BCUT2D eigenvalue weighted by Gasteiger charge is 2.74. The number of halogens is 4. The lowest BCUT2D eigenvalue weighted by molar-refractivity contribution is -0.186. The fourth-order valence-electron chi connectivity index (χ4n) is 15.4. The molecule has 87 heavy (non-hydrogen) atoms. The summed E-state index contributed by atoms with van der Waals surface area (Å²) in [7, 11) is -12.2. The topological polar surface area (TPSA) is 380 Å². The van der Waals surface area contributed by atoms with Crippen molar-refractivity contribution in [3.63, 3.8) is 0 Å². The number of ether oxygens (including phenoxy) is 14. The molecule has 0 amide bonds. The Hall–Kier alpha value is -4.94. The summed E-state index contributed by atoms with van der Waals surface area (Å²) in [5.41, 5.74) is -1.42. The lowest BCUT2D eigenvalue weighted by Crippen LogP contribution is -2.53. The molecule has 20 atom stereocenters. The van der Waals surface area contributed by atoms with E-state index < -0.39 is 201 Å². The summed E-state index contributed by atoms with van der Waals surface area (Å²) < 4.78 is 194. The zero-order chi connectivity index (χ0) is 62.5. The molecule has 486 valence electrons. The largest absolute Gasteiger partial charge is 0.743 e. The van der Waals surface area contributed by atoms with Gasteiger partial charge in [-0.1, -0.05) is 6.42 Å². The van der Waals surface area contributed by atoms with Gasteiger partial charge in [-0.2, -0.15) is 17.6 Å². The van der Waals surface area contributed by atoms with Gasteiger partial charge in [-0.25, -0.2) is 36.0 Å². The smallest absolute Gasteiger partial charge is 0.370 e. The van der Waals surface area contributed by atoms with Gasteiger partial charge in [0.25, 0.3) is 0 Å². The van der Waals surface area contributed by atoms with E-state index in [4.69, 9.17) is 56.8 Å². The molecule has 0 N–H and O–H groups in total. The third kappa shape index (κ3) is 11.7.